The summed E-state index contributed by atoms with van der Waals surface area (Å²) in [5, 5.41) is 5.11. The van der Waals surface area contributed by atoms with E-state index in [0.717, 1.165) is 5.56 Å². The van der Waals surface area contributed by atoms with Gasteiger partial charge in [0.05, 0.1) is 0 Å². The van der Waals surface area contributed by atoms with Crippen LogP contribution in [0.3, 0.4) is 0 Å². The van der Waals surface area contributed by atoms with Crippen molar-refractivity contribution in [3.8, 4) is 0 Å². The Morgan fingerprint density at radius 2 is 1.89 bits per heavy atom. The van der Waals surface area contributed by atoms with Crippen LogP contribution in [0, 0.1) is 6.92 Å². The summed E-state index contributed by atoms with van der Waals surface area (Å²) in [4.78, 5) is 27.1. The molecular formula is C12H17N3O3. The van der Waals surface area contributed by atoms with Gasteiger partial charge in [-0.3, -0.25) is 9.63 Å². The van der Waals surface area contributed by atoms with Gasteiger partial charge in [-0.25, -0.2) is 10.3 Å². The molecule has 0 aromatic heterocycles. The third-order valence-electron chi connectivity index (χ3n) is 2.04. The molecule has 6 heteroatoms. The lowest BCUT2D eigenvalue weighted by Crippen LogP contribution is -2.37. The maximum absolute atomic E-state index is 11.4. The van der Waals surface area contributed by atoms with Crippen molar-refractivity contribution in [3.05, 3.63) is 29.8 Å². The Bertz CT molecular complexity index is 404. The zero-order valence-electron chi connectivity index (χ0n) is 10.4. The van der Waals surface area contributed by atoms with Crippen LogP contribution >= 0.6 is 0 Å². The molecule has 0 bridgehead atoms. The highest BCUT2D eigenvalue weighted by atomic mass is 16.7. The van der Waals surface area contributed by atoms with Gasteiger partial charge in [0.2, 0.25) is 0 Å². The van der Waals surface area contributed by atoms with Gasteiger partial charge in [0.1, 0.15) is 0 Å². The molecule has 0 unspecified atom stereocenters. The SMILES string of the molecule is CCNC(=O)NOCC(=O)Nc1ccc(C)cc1. The molecule has 0 aliphatic carbocycles. The fourth-order valence-electron chi connectivity index (χ4n) is 1.20. The lowest BCUT2D eigenvalue weighted by atomic mass is 10.2. The minimum atomic E-state index is -0.472. The average molecular weight is 251 g/mol. The molecule has 0 heterocycles. The van der Waals surface area contributed by atoms with Crippen LogP contribution in [0.2, 0.25) is 0 Å². The summed E-state index contributed by atoms with van der Waals surface area (Å²) in [6, 6.07) is 6.91. The molecule has 18 heavy (non-hydrogen) atoms. The topological polar surface area (TPSA) is 79.5 Å². The van der Waals surface area contributed by atoms with Crippen molar-refractivity contribution in [2.75, 3.05) is 18.5 Å². The predicted octanol–water partition coefficient (Wildman–Crippen LogP) is 1.18. The highest BCUT2D eigenvalue weighted by Crippen LogP contribution is 2.07. The van der Waals surface area contributed by atoms with E-state index in [9.17, 15) is 9.59 Å². The summed E-state index contributed by atoms with van der Waals surface area (Å²) in [5.74, 6) is -0.337. The summed E-state index contributed by atoms with van der Waals surface area (Å²) >= 11 is 0. The number of amides is 3. The van der Waals surface area contributed by atoms with Crippen LogP contribution < -0.4 is 16.1 Å². The maximum atomic E-state index is 11.4. The molecule has 1 rings (SSSR count). The van der Waals surface area contributed by atoms with E-state index in [2.05, 4.69) is 16.1 Å². The second-order valence-corrected chi connectivity index (χ2v) is 3.66. The van der Waals surface area contributed by atoms with Crippen LogP contribution in [0.4, 0.5) is 10.5 Å². The molecule has 0 saturated carbocycles. The number of hydroxylamine groups is 1. The van der Waals surface area contributed by atoms with Gasteiger partial charge in [-0.1, -0.05) is 17.7 Å². The number of anilines is 1. The van der Waals surface area contributed by atoms with Crippen LogP contribution in [0.5, 0.6) is 0 Å². The predicted molar refractivity (Wildman–Crippen MR) is 68.0 cm³/mol. The summed E-state index contributed by atoms with van der Waals surface area (Å²) in [6.45, 7) is 3.99. The number of nitrogens with one attached hydrogen (secondary N) is 3. The smallest absolute Gasteiger partial charge is 0.337 e. The van der Waals surface area contributed by atoms with E-state index >= 15 is 0 Å². The average Bonchev–Trinajstić information content (AvgIpc) is 2.32. The molecule has 0 saturated heterocycles. The van der Waals surface area contributed by atoms with Crippen LogP contribution in [0.25, 0.3) is 0 Å². The lowest BCUT2D eigenvalue weighted by molar-refractivity contribution is -0.122. The number of carbonyl (C=O) groups is 2. The number of hydrogen-bond acceptors (Lipinski definition) is 3. The fraction of sp³-hybridized carbons (Fsp3) is 0.333. The van der Waals surface area contributed by atoms with Gasteiger partial charge in [0.15, 0.2) is 6.61 Å². The van der Waals surface area contributed by atoms with E-state index in [4.69, 9.17) is 4.84 Å². The quantitative estimate of drug-likeness (QED) is 0.688. The summed E-state index contributed by atoms with van der Waals surface area (Å²) in [7, 11) is 0. The Balaban J connectivity index is 2.25. The molecule has 3 N–H and O–H groups in total. The van der Waals surface area contributed by atoms with Gasteiger partial charge in [0, 0.05) is 12.2 Å². The molecule has 3 amide bonds. The van der Waals surface area contributed by atoms with Gasteiger partial charge in [-0.2, -0.15) is 0 Å². The van der Waals surface area contributed by atoms with Crippen molar-refractivity contribution in [1.29, 1.82) is 0 Å². The summed E-state index contributed by atoms with van der Waals surface area (Å²) in [6.07, 6.45) is 0. The molecule has 0 aliphatic rings. The molecular weight excluding hydrogens is 234 g/mol. The van der Waals surface area contributed by atoms with Crippen LogP contribution in [0.15, 0.2) is 24.3 Å². The molecule has 6 nitrogen and oxygen atoms in total. The summed E-state index contributed by atoms with van der Waals surface area (Å²) < 4.78 is 0. The maximum Gasteiger partial charge on any atom is 0.338 e. The molecule has 0 fully saturated rings. The van der Waals surface area contributed by atoms with Crippen LogP contribution in [-0.4, -0.2) is 25.1 Å². The van der Waals surface area contributed by atoms with Crippen LogP contribution in [-0.2, 0) is 9.63 Å². The minimum absolute atomic E-state index is 0.245. The van der Waals surface area contributed by atoms with Crippen LogP contribution in [0.1, 0.15) is 12.5 Å². The van der Waals surface area contributed by atoms with E-state index < -0.39 is 6.03 Å². The van der Waals surface area contributed by atoms with Crippen molar-refractivity contribution >= 4 is 17.6 Å². The molecule has 98 valence electrons. The highest BCUT2D eigenvalue weighted by molar-refractivity contribution is 5.91. The fourth-order valence-corrected chi connectivity index (χ4v) is 1.20. The first-order valence-corrected chi connectivity index (χ1v) is 5.64. The number of carbonyl (C=O) groups excluding carboxylic acids is 2. The standard InChI is InChI=1S/C12H17N3O3/c1-3-13-12(17)15-18-8-11(16)14-10-6-4-9(2)5-7-10/h4-7H,3,8H2,1-2H3,(H,14,16)(H2,13,15,17). The number of aryl methyl sites for hydroxylation is 1. The Morgan fingerprint density at radius 1 is 1.22 bits per heavy atom. The normalized spacial score (nSPS) is 9.67. The summed E-state index contributed by atoms with van der Waals surface area (Å²) in [5.41, 5.74) is 3.90. The molecule has 1 aromatic rings. The van der Waals surface area contributed by atoms with Gasteiger partial charge in [0.25, 0.3) is 5.91 Å². The second kappa shape index (κ2) is 7.29. The zero-order chi connectivity index (χ0) is 13.4. The Hall–Kier alpha value is -2.08. The van der Waals surface area contributed by atoms with E-state index in [0.29, 0.717) is 12.2 Å². The monoisotopic (exact) mass is 251 g/mol. The van der Waals surface area contributed by atoms with Gasteiger partial charge < -0.3 is 10.6 Å². The third-order valence-corrected chi connectivity index (χ3v) is 2.04. The van der Waals surface area contributed by atoms with Gasteiger partial charge in [-0.05, 0) is 26.0 Å². The molecule has 0 atom stereocenters. The first-order chi connectivity index (χ1) is 8.61. The van der Waals surface area contributed by atoms with E-state index in [-0.39, 0.29) is 12.5 Å². The van der Waals surface area contributed by atoms with Crippen molar-refractivity contribution in [2.24, 2.45) is 0 Å². The highest BCUT2D eigenvalue weighted by Gasteiger charge is 2.04. The van der Waals surface area contributed by atoms with Gasteiger partial charge >= 0.3 is 6.03 Å². The number of hydrogen-bond donors (Lipinski definition) is 3. The largest absolute Gasteiger partial charge is 0.338 e. The molecule has 0 spiro atoms. The first-order valence-electron chi connectivity index (χ1n) is 5.64. The second-order valence-electron chi connectivity index (χ2n) is 3.66. The molecule has 1 aromatic carbocycles. The van der Waals surface area contributed by atoms with E-state index in [1.54, 1.807) is 19.1 Å². The first kappa shape index (κ1) is 14.0. The Kier molecular flexibility index (Phi) is 5.66. The van der Waals surface area contributed by atoms with Crippen molar-refractivity contribution < 1.29 is 14.4 Å². The molecule has 0 aliphatic heterocycles. The zero-order valence-corrected chi connectivity index (χ0v) is 10.4. The molecule has 0 radical (unpaired) electrons. The van der Waals surface area contributed by atoms with Crippen molar-refractivity contribution in [3.63, 3.8) is 0 Å². The lowest BCUT2D eigenvalue weighted by Gasteiger charge is -2.07. The third kappa shape index (κ3) is 5.31. The van der Waals surface area contributed by atoms with Gasteiger partial charge in [-0.15, -0.1) is 0 Å². The van der Waals surface area contributed by atoms with Crippen molar-refractivity contribution in [1.82, 2.24) is 10.8 Å². The minimum Gasteiger partial charge on any atom is -0.337 e. The van der Waals surface area contributed by atoms with Crippen molar-refractivity contribution in [2.45, 2.75) is 13.8 Å². The number of benzene rings is 1. The van der Waals surface area contributed by atoms with E-state index in [1.807, 2.05) is 19.1 Å². The van der Waals surface area contributed by atoms with E-state index in [1.165, 1.54) is 0 Å². The Labute approximate surface area is 106 Å². The Morgan fingerprint density at radius 3 is 2.50 bits per heavy atom. The number of rotatable bonds is 5. The number of urea groups is 1.